The Bertz CT molecular complexity index is 638. The van der Waals surface area contributed by atoms with Crippen LogP contribution in [0.3, 0.4) is 0 Å². The lowest BCUT2D eigenvalue weighted by molar-refractivity contribution is -0.133. The number of hydrogen-bond acceptors (Lipinski definition) is 4. The predicted octanol–water partition coefficient (Wildman–Crippen LogP) is 1.48. The van der Waals surface area contributed by atoms with Crippen LogP contribution >= 0.6 is 0 Å². The zero-order valence-corrected chi connectivity index (χ0v) is 17.8. The average Bonchev–Trinajstić information content (AvgIpc) is 3.01. The van der Waals surface area contributed by atoms with Crippen LogP contribution in [-0.2, 0) is 14.8 Å². The molecule has 3 rings (SSSR count). The van der Waals surface area contributed by atoms with Crippen LogP contribution in [-0.4, -0.2) is 79.5 Å². The number of nitrogens with zero attached hydrogens (tertiary/aromatic N) is 3. The van der Waals surface area contributed by atoms with Crippen molar-refractivity contribution >= 4 is 15.9 Å². The van der Waals surface area contributed by atoms with Gasteiger partial charge < -0.3 is 9.80 Å². The first kappa shape index (κ1) is 20.1. The van der Waals surface area contributed by atoms with Crippen LogP contribution < -0.4 is 0 Å². The fraction of sp³-hybridized carbons (Fsp3) is 0.947. The average molecular weight is 386 g/mol. The molecule has 1 spiro atoms. The van der Waals surface area contributed by atoms with Gasteiger partial charge in [-0.25, -0.2) is 12.7 Å². The van der Waals surface area contributed by atoms with E-state index in [-0.39, 0.29) is 29.0 Å². The molecule has 0 bridgehead atoms. The van der Waals surface area contributed by atoms with Crippen LogP contribution in [0.1, 0.15) is 40.5 Å². The Morgan fingerprint density at radius 2 is 1.69 bits per heavy atom. The minimum absolute atomic E-state index is 0.0950. The molecule has 3 fully saturated rings. The first-order valence-corrected chi connectivity index (χ1v) is 11.7. The smallest absolute Gasteiger partial charge is 0.227 e. The summed E-state index contributed by atoms with van der Waals surface area (Å²) >= 11 is 0. The molecule has 3 aliphatic rings. The molecule has 1 amide bonds. The molecule has 0 aromatic carbocycles. The van der Waals surface area contributed by atoms with Gasteiger partial charge in [0.2, 0.25) is 15.9 Å². The number of carbonyl (C=O) groups is 1. The number of carbonyl (C=O) groups excluding carboxylic acids is 1. The van der Waals surface area contributed by atoms with Gasteiger partial charge in [-0.3, -0.25) is 4.79 Å². The monoisotopic (exact) mass is 385 g/mol. The number of rotatable bonds is 5. The van der Waals surface area contributed by atoms with E-state index in [9.17, 15) is 13.2 Å². The van der Waals surface area contributed by atoms with E-state index in [1.165, 1.54) is 0 Å². The summed E-state index contributed by atoms with van der Waals surface area (Å²) in [5.41, 5.74) is -0.155. The molecule has 0 N–H and O–H groups in total. The minimum atomic E-state index is -3.19. The second-order valence-corrected chi connectivity index (χ2v) is 11.4. The molecule has 3 heterocycles. The lowest BCUT2D eigenvalue weighted by atomic mass is 9.75. The van der Waals surface area contributed by atoms with E-state index in [4.69, 9.17) is 0 Å². The van der Waals surface area contributed by atoms with Crippen molar-refractivity contribution in [2.45, 2.75) is 46.1 Å². The maximum absolute atomic E-state index is 12.9. The minimum Gasteiger partial charge on any atom is -0.339 e. The summed E-state index contributed by atoms with van der Waals surface area (Å²) in [6.07, 6.45) is 1.53. The zero-order chi connectivity index (χ0) is 19.3. The summed E-state index contributed by atoms with van der Waals surface area (Å²) in [5.74, 6) is 1.64. The largest absolute Gasteiger partial charge is 0.339 e. The molecule has 2 atom stereocenters. The van der Waals surface area contributed by atoms with Gasteiger partial charge in [-0.1, -0.05) is 27.7 Å². The van der Waals surface area contributed by atoms with Crippen LogP contribution in [0.4, 0.5) is 0 Å². The molecule has 6 nitrogen and oxygen atoms in total. The van der Waals surface area contributed by atoms with Gasteiger partial charge in [0.15, 0.2) is 0 Å². The van der Waals surface area contributed by atoms with Crippen LogP contribution in [0.15, 0.2) is 0 Å². The first-order valence-electron chi connectivity index (χ1n) is 10.0. The predicted molar refractivity (Wildman–Crippen MR) is 103 cm³/mol. The van der Waals surface area contributed by atoms with Crippen LogP contribution in [0, 0.1) is 23.7 Å². The molecule has 150 valence electrons. The van der Waals surface area contributed by atoms with Gasteiger partial charge in [0, 0.05) is 51.2 Å². The molecule has 26 heavy (non-hydrogen) atoms. The van der Waals surface area contributed by atoms with Crippen molar-refractivity contribution in [3.05, 3.63) is 0 Å². The van der Waals surface area contributed by atoms with Crippen molar-refractivity contribution in [3.63, 3.8) is 0 Å². The highest BCUT2D eigenvalue weighted by Crippen LogP contribution is 2.49. The number of likely N-dealkylation sites (tertiary alicyclic amines) is 2. The van der Waals surface area contributed by atoms with E-state index < -0.39 is 10.0 Å². The SMILES string of the molecule is CC(C)CN1C[C@@H]2C(=O)N(C)C3(CCN(S(=O)(=O)CC(C)C)CC3)[C@@H]2C1. The van der Waals surface area contributed by atoms with Gasteiger partial charge >= 0.3 is 0 Å². The van der Waals surface area contributed by atoms with Crippen molar-refractivity contribution in [3.8, 4) is 0 Å². The van der Waals surface area contributed by atoms with Crippen LogP contribution in [0.25, 0.3) is 0 Å². The van der Waals surface area contributed by atoms with E-state index in [1.54, 1.807) is 4.31 Å². The van der Waals surface area contributed by atoms with Crippen molar-refractivity contribution in [1.29, 1.82) is 0 Å². The van der Waals surface area contributed by atoms with E-state index in [0.29, 0.717) is 24.9 Å². The number of piperidine rings is 1. The van der Waals surface area contributed by atoms with E-state index >= 15 is 0 Å². The summed E-state index contributed by atoms with van der Waals surface area (Å²) in [4.78, 5) is 17.3. The highest BCUT2D eigenvalue weighted by Gasteiger charge is 2.60. The number of fused-ring (bicyclic) bond motifs is 2. The van der Waals surface area contributed by atoms with Gasteiger partial charge in [-0.2, -0.15) is 0 Å². The Morgan fingerprint density at radius 1 is 1.08 bits per heavy atom. The molecule has 0 aliphatic carbocycles. The topological polar surface area (TPSA) is 60.9 Å². The summed E-state index contributed by atoms with van der Waals surface area (Å²) in [7, 11) is -1.25. The third kappa shape index (κ3) is 3.42. The molecule has 0 unspecified atom stereocenters. The van der Waals surface area contributed by atoms with Crippen molar-refractivity contribution in [2.24, 2.45) is 23.7 Å². The highest BCUT2D eigenvalue weighted by molar-refractivity contribution is 7.89. The molecule has 3 saturated heterocycles. The normalized spacial score (nSPS) is 30.1. The standard InChI is InChI=1S/C19H35N3O3S/c1-14(2)10-21-11-16-17(12-21)19(20(5)18(16)23)6-8-22(9-7-19)26(24,25)13-15(3)4/h14-17H,6-13H2,1-5H3/t16-,17+/m0/s1. The molecule has 3 aliphatic heterocycles. The highest BCUT2D eigenvalue weighted by atomic mass is 32.2. The van der Waals surface area contributed by atoms with Gasteiger partial charge in [-0.15, -0.1) is 0 Å². The zero-order valence-electron chi connectivity index (χ0n) is 16.9. The third-order valence-corrected chi connectivity index (χ3v) is 8.79. The van der Waals surface area contributed by atoms with E-state index in [1.807, 2.05) is 25.8 Å². The number of sulfonamides is 1. The van der Waals surface area contributed by atoms with Gasteiger partial charge in [0.25, 0.3) is 0 Å². The lowest BCUT2D eigenvalue weighted by Crippen LogP contribution is -2.57. The molecular weight excluding hydrogens is 350 g/mol. The molecule has 0 radical (unpaired) electrons. The number of amides is 1. The van der Waals surface area contributed by atoms with Crippen molar-refractivity contribution < 1.29 is 13.2 Å². The molecule has 7 heteroatoms. The summed E-state index contributed by atoms with van der Waals surface area (Å²) in [5, 5.41) is 0. The Kier molecular flexibility index (Phi) is 5.45. The van der Waals surface area contributed by atoms with Gasteiger partial charge in [0.05, 0.1) is 11.7 Å². The fourth-order valence-electron chi connectivity index (χ4n) is 5.45. The van der Waals surface area contributed by atoms with Crippen molar-refractivity contribution in [2.75, 3.05) is 45.5 Å². The Morgan fingerprint density at radius 3 is 2.23 bits per heavy atom. The van der Waals surface area contributed by atoms with Crippen LogP contribution in [0.5, 0.6) is 0 Å². The quantitative estimate of drug-likeness (QED) is 0.719. The second-order valence-electron chi connectivity index (χ2n) is 9.40. The van der Waals surface area contributed by atoms with E-state index in [0.717, 1.165) is 32.5 Å². The lowest BCUT2D eigenvalue weighted by Gasteiger charge is -2.46. The molecular formula is C19H35N3O3S. The Labute approximate surface area is 158 Å². The second kappa shape index (κ2) is 7.06. The van der Waals surface area contributed by atoms with E-state index in [2.05, 4.69) is 18.7 Å². The number of hydrogen-bond donors (Lipinski definition) is 0. The summed E-state index contributed by atoms with van der Waals surface area (Å²) in [6.45, 7) is 12.3. The maximum atomic E-state index is 12.9. The van der Waals surface area contributed by atoms with Crippen LogP contribution in [0.2, 0.25) is 0 Å². The summed E-state index contributed by atoms with van der Waals surface area (Å²) in [6, 6.07) is 0. The van der Waals surface area contributed by atoms with Gasteiger partial charge in [-0.05, 0) is 24.7 Å². The van der Waals surface area contributed by atoms with Gasteiger partial charge in [0.1, 0.15) is 0 Å². The fourth-order valence-corrected chi connectivity index (χ4v) is 7.24. The maximum Gasteiger partial charge on any atom is 0.227 e. The first-order chi connectivity index (χ1) is 12.1. The van der Waals surface area contributed by atoms with Crippen molar-refractivity contribution in [1.82, 2.24) is 14.1 Å². The third-order valence-electron chi connectivity index (χ3n) is 6.55. The summed E-state index contributed by atoms with van der Waals surface area (Å²) < 4.78 is 26.8. The molecule has 0 aromatic rings. The Hall–Kier alpha value is -0.660. The molecule has 0 aromatic heterocycles. The molecule has 0 saturated carbocycles. The Balaban J connectivity index is 1.73.